The first kappa shape index (κ1) is 13.1. The quantitative estimate of drug-likeness (QED) is 0.783. The zero-order chi connectivity index (χ0) is 13.3. The molecule has 0 saturated carbocycles. The summed E-state index contributed by atoms with van der Waals surface area (Å²) in [6.07, 6.45) is 1.24. The summed E-state index contributed by atoms with van der Waals surface area (Å²) >= 11 is 6.04. The first-order valence-electron chi connectivity index (χ1n) is 6.00. The van der Waals surface area contributed by atoms with Crippen molar-refractivity contribution in [3.05, 3.63) is 34.9 Å². The van der Waals surface area contributed by atoms with E-state index < -0.39 is 0 Å². The Morgan fingerprint density at radius 1 is 1.33 bits per heavy atom. The van der Waals surface area contributed by atoms with E-state index in [0.717, 1.165) is 0 Å². The van der Waals surface area contributed by atoms with Gasteiger partial charge in [0.2, 0.25) is 0 Å². The summed E-state index contributed by atoms with van der Waals surface area (Å²) in [4.78, 5) is 25.7. The topological polar surface area (TPSA) is 37.4 Å². The number of halogens is 1. The van der Waals surface area contributed by atoms with Crippen LogP contribution >= 0.6 is 11.6 Å². The molecule has 18 heavy (non-hydrogen) atoms. The lowest BCUT2D eigenvalue weighted by Gasteiger charge is -2.41. The second-order valence-corrected chi connectivity index (χ2v) is 5.63. The van der Waals surface area contributed by atoms with E-state index in [-0.39, 0.29) is 23.8 Å². The highest BCUT2D eigenvalue weighted by atomic mass is 35.5. The number of nitrogens with zero attached hydrogens (tertiary/aromatic N) is 1. The van der Waals surface area contributed by atoms with Crippen molar-refractivity contribution in [2.24, 2.45) is 0 Å². The van der Waals surface area contributed by atoms with Gasteiger partial charge in [0.05, 0.1) is 17.1 Å². The number of rotatable bonds is 1. The first-order valence-corrected chi connectivity index (χ1v) is 6.38. The van der Waals surface area contributed by atoms with Gasteiger partial charge in [0.25, 0.3) is 5.91 Å². The lowest BCUT2D eigenvalue weighted by molar-refractivity contribution is -0.124. The maximum Gasteiger partial charge on any atom is 0.256 e. The molecule has 0 bridgehead atoms. The van der Waals surface area contributed by atoms with E-state index in [2.05, 4.69) is 0 Å². The lowest BCUT2D eigenvalue weighted by atomic mass is 9.89. The molecule has 0 radical (unpaired) electrons. The van der Waals surface area contributed by atoms with E-state index in [1.807, 2.05) is 13.8 Å². The van der Waals surface area contributed by atoms with Gasteiger partial charge >= 0.3 is 0 Å². The Balaban J connectivity index is 2.33. The van der Waals surface area contributed by atoms with Gasteiger partial charge in [-0.25, -0.2) is 0 Å². The van der Waals surface area contributed by atoms with Crippen LogP contribution in [0.25, 0.3) is 0 Å². The monoisotopic (exact) mass is 265 g/mol. The zero-order valence-electron chi connectivity index (χ0n) is 10.6. The molecule has 4 heteroatoms. The second kappa shape index (κ2) is 4.73. The molecule has 1 fully saturated rings. The normalized spacial score (nSPS) is 18.8. The molecule has 1 aromatic carbocycles. The van der Waals surface area contributed by atoms with Crippen molar-refractivity contribution in [2.75, 3.05) is 6.54 Å². The summed E-state index contributed by atoms with van der Waals surface area (Å²) < 4.78 is 0. The lowest BCUT2D eigenvalue weighted by Crippen LogP contribution is -2.53. The van der Waals surface area contributed by atoms with Crippen molar-refractivity contribution in [1.29, 1.82) is 0 Å². The molecule has 0 unspecified atom stereocenters. The number of amides is 1. The average molecular weight is 266 g/mol. The van der Waals surface area contributed by atoms with Crippen molar-refractivity contribution < 1.29 is 9.59 Å². The van der Waals surface area contributed by atoms with E-state index in [1.165, 1.54) is 0 Å². The van der Waals surface area contributed by atoms with Gasteiger partial charge in [-0.2, -0.15) is 0 Å². The summed E-state index contributed by atoms with van der Waals surface area (Å²) in [6.45, 7) is 4.14. The molecule has 0 atom stereocenters. The molecule has 1 heterocycles. The smallest absolute Gasteiger partial charge is 0.256 e. The number of benzene rings is 1. The van der Waals surface area contributed by atoms with Gasteiger partial charge in [-0.15, -0.1) is 0 Å². The molecule has 0 aromatic heterocycles. The highest BCUT2D eigenvalue weighted by molar-refractivity contribution is 6.33. The van der Waals surface area contributed by atoms with E-state index >= 15 is 0 Å². The SMILES string of the molecule is CC1(C)CCC(=O)CN1C(=O)c1ccccc1Cl. The first-order chi connectivity index (χ1) is 8.42. The van der Waals surface area contributed by atoms with Crippen molar-refractivity contribution in [3.8, 4) is 0 Å². The molecule has 2 rings (SSSR count). The number of hydrogen-bond donors (Lipinski definition) is 0. The molecule has 96 valence electrons. The van der Waals surface area contributed by atoms with E-state index in [0.29, 0.717) is 23.4 Å². The van der Waals surface area contributed by atoms with Crippen LogP contribution in [0.2, 0.25) is 5.02 Å². The minimum absolute atomic E-state index is 0.106. The standard InChI is InChI=1S/C14H16ClNO2/c1-14(2)8-7-10(17)9-16(14)13(18)11-5-3-4-6-12(11)15/h3-6H,7-9H2,1-2H3. The Hall–Kier alpha value is -1.35. The Bertz CT molecular complexity index is 496. The van der Waals surface area contributed by atoms with E-state index in [4.69, 9.17) is 11.6 Å². The minimum atomic E-state index is -0.301. The molecule has 1 aromatic rings. The number of hydrogen-bond acceptors (Lipinski definition) is 2. The predicted molar refractivity (Wildman–Crippen MR) is 70.8 cm³/mol. The molecule has 1 amide bonds. The average Bonchev–Trinajstić information content (AvgIpc) is 2.32. The highest BCUT2D eigenvalue weighted by Gasteiger charge is 2.37. The molecule has 3 nitrogen and oxygen atoms in total. The molecule has 1 saturated heterocycles. The van der Waals surface area contributed by atoms with Crippen LogP contribution in [0, 0.1) is 0 Å². The van der Waals surface area contributed by atoms with Crippen LogP contribution in [0.15, 0.2) is 24.3 Å². The van der Waals surface area contributed by atoms with Crippen LogP contribution in [-0.2, 0) is 4.79 Å². The Labute approximate surface area is 112 Å². The summed E-state index contributed by atoms with van der Waals surface area (Å²) in [5, 5.41) is 0.427. The number of ketones is 1. The van der Waals surface area contributed by atoms with Crippen LogP contribution in [0.1, 0.15) is 37.0 Å². The van der Waals surface area contributed by atoms with Crippen LogP contribution in [0.3, 0.4) is 0 Å². The molecule has 0 aliphatic carbocycles. The number of likely N-dealkylation sites (tertiary alicyclic amines) is 1. The number of carbonyl (C=O) groups is 2. The van der Waals surface area contributed by atoms with Gasteiger partial charge in [0.1, 0.15) is 0 Å². The van der Waals surface area contributed by atoms with Gasteiger partial charge in [-0.1, -0.05) is 23.7 Å². The zero-order valence-corrected chi connectivity index (χ0v) is 11.3. The van der Waals surface area contributed by atoms with Gasteiger partial charge in [0, 0.05) is 12.0 Å². The van der Waals surface area contributed by atoms with Gasteiger partial charge in [-0.3, -0.25) is 9.59 Å². The van der Waals surface area contributed by atoms with Crippen molar-refractivity contribution in [1.82, 2.24) is 4.90 Å². The molecule has 0 N–H and O–H groups in total. The van der Waals surface area contributed by atoms with Crippen LogP contribution in [-0.4, -0.2) is 28.7 Å². The summed E-state index contributed by atoms with van der Waals surface area (Å²) in [5.74, 6) is -0.0617. The van der Waals surface area contributed by atoms with Crippen LogP contribution in [0.5, 0.6) is 0 Å². The van der Waals surface area contributed by atoms with E-state index in [9.17, 15) is 9.59 Å². The van der Waals surface area contributed by atoms with Crippen molar-refractivity contribution >= 4 is 23.3 Å². The summed E-state index contributed by atoms with van der Waals surface area (Å²) in [6, 6.07) is 6.94. The number of Topliss-reactive ketones (excluding diaryl/α,β-unsaturated/α-hetero) is 1. The van der Waals surface area contributed by atoms with Crippen molar-refractivity contribution in [3.63, 3.8) is 0 Å². The molecule has 0 spiro atoms. The fourth-order valence-corrected chi connectivity index (χ4v) is 2.39. The maximum atomic E-state index is 12.5. The summed E-state index contributed by atoms with van der Waals surface area (Å²) in [7, 11) is 0. The minimum Gasteiger partial charge on any atom is -0.326 e. The third kappa shape index (κ3) is 2.41. The van der Waals surface area contributed by atoms with Crippen LogP contribution in [0.4, 0.5) is 0 Å². The highest BCUT2D eigenvalue weighted by Crippen LogP contribution is 2.29. The van der Waals surface area contributed by atoms with Crippen LogP contribution < -0.4 is 0 Å². The second-order valence-electron chi connectivity index (χ2n) is 5.22. The van der Waals surface area contributed by atoms with Gasteiger partial charge in [-0.05, 0) is 32.4 Å². The Morgan fingerprint density at radius 2 is 2.00 bits per heavy atom. The van der Waals surface area contributed by atoms with E-state index in [1.54, 1.807) is 29.2 Å². The molecular formula is C14H16ClNO2. The van der Waals surface area contributed by atoms with Crippen molar-refractivity contribution in [2.45, 2.75) is 32.2 Å². The fourth-order valence-electron chi connectivity index (χ4n) is 2.18. The predicted octanol–water partition coefficient (Wildman–Crippen LogP) is 2.92. The molecule has 1 aliphatic heterocycles. The third-order valence-corrected chi connectivity index (χ3v) is 3.76. The van der Waals surface area contributed by atoms with Gasteiger partial charge < -0.3 is 4.90 Å². The molecular weight excluding hydrogens is 250 g/mol. The fraction of sp³-hybridized carbons (Fsp3) is 0.429. The molecule has 1 aliphatic rings. The Kier molecular flexibility index (Phi) is 3.44. The Morgan fingerprint density at radius 3 is 2.67 bits per heavy atom. The largest absolute Gasteiger partial charge is 0.326 e. The number of piperidine rings is 1. The summed E-state index contributed by atoms with van der Waals surface area (Å²) in [5.41, 5.74) is 0.159. The third-order valence-electron chi connectivity index (χ3n) is 3.43. The maximum absolute atomic E-state index is 12.5. The number of carbonyl (C=O) groups excluding carboxylic acids is 2. The van der Waals surface area contributed by atoms with Gasteiger partial charge in [0.15, 0.2) is 5.78 Å².